The number of carbonyl (C=O) groups excluding carboxylic acids is 2. The van der Waals surface area contributed by atoms with Crippen LogP contribution < -0.4 is 10.9 Å². The van der Waals surface area contributed by atoms with E-state index < -0.39 is 17.4 Å². The molecule has 1 amide bonds. The molecular weight excluding hydrogens is 386 g/mol. The molecule has 0 fully saturated rings. The van der Waals surface area contributed by atoms with Gasteiger partial charge in [0.1, 0.15) is 22.5 Å². The number of amides is 1. The maximum absolute atomic E-state index is 12.4. The van der Waals surface area contributed by atoms with Crippen molar-refractivity contribution in [3.63, 3.8) is 0 Å². The van der Waals surface area contributed by atoms with E-state index in [9.17, 15) is 14.4 Å². The number of halogens is 1. The van der Waals surface area contributed by atoms with E-state index in [0.29, 0.717) is 28.3 Å². The van der Waals surface area contributed by atoms with E-state index in [2.05, 4.69) is 10.3 Å². The fraction of sp³-hybridized carbons (Fsp3) is 0.263. The van der Waals surface area contributed by atoms with Crippen molar-refractivity contribution < 1.29 is 18.7 Å². The van der Waals surface area contributed by atoms with Crippen LogP contribution in [-0.4, -0.2) is 28.5 Å². The van der Waals surface area contributed by atoms with Crippen molar-refractivity contribution in [3.05, 3.63) is 63.0 Å². The Labute approximate surface area is 165 Å². The van der Waals surface area contributed by atoms with Gasteiger partial charge >= 0.3 is 5.97 Å². The molecule has 0 aliphatic heterocycles. The summed E-state index contributed by atoms with van der Waals surface area (Å²) in [4.78, 5) is 40.5. The topological polar surface area (TPSA) is 103 Å². The maximum atomic E-state index is 12.4. The summed E-state index contributed by atoms with van der Waals surface area (Å²) in [5.74, 6) is -0.743. The number of fused-ring (bicyclic) bond motifs is 1. The molecule has 3 aromatic rings. The van der Waals surface area contributed by atoms with Crippen LogP contribution in [0, 0.1) is 0 Å². The molecule has 0 saturated heterocycles. The average molecular weight is 404 g/mol. The predicted molar refractivity (Wildman–Crippen MR) is 103 cm³/mol. The molecule has 0 aliphatic rings. The summed E-state index contributed by atoms with van der Waals surface area (Å²) in [6.45, 7) is 2.43. The SMILES string of the molecule is CCCn1cncc(C(=O)NCc2cc3cc(Cl)cc(C(=O)OC)c3o2)c1=O. The predicted octanol–water partition coefficient (Wildman–Crippen LogP) is 2.77. The van der Waals surface area contributed by atoms with Gasteiger partial charge in [-0.3, -0.25) is 14.2 Å². The highest BCUT2D eigenvalue weighted by atomic mass is 35.5. The van der Waals surface area contributed by atoms with Crippen LogP contribution in [0.5, 0.6) is 0 Å². The second kappa shape index (κ2) is 8.26. The second-order valence-electron chi connectivity index (χ2n) is 6.06. The Morgan fingerprint density at radius 3 is 2.79 bits per heavy atom. The van der Waals surface area contributed by atoms with Crippen LogP contribution in [0.25, 0.3) is 11.0 Å². The van der Waals surface area contributed by atoms with Gasteiger partial charge < -0.3 is 14.5 Å². The molecular formula is C19H18ClN3O5. The summed E-state index contributed by atoms with van der Waals surface area (Å²) in [6.07, 6.45) is 3.38. The Hall–Kier alpha value is -3.13. The van der Waals surface area contributed by atoms with Gasteiger partial charge in [-0.1, -0.05) is 18.5 Å². The summed E-state index contributed by atoms with van der Waals surface area (Å²) in [5, 5.41) is 3.59. The number of rotatable bonds is 6. The Morgan fingerprint density at radius 1 is 1.29 bits per heavy atom. The van der Waals surface area contributed by atoms with Crippen molar-refractivity contribution in [1.29, 1.82) is 0 Å². The number of benzene rings is 1. The molecule has 0 aliphatic carbocycles. The smallest absolute Gasteiger partial charge is 0.341 e. The first-order valence-corrected chi connectivity index (χ1v) is 8.95. The molecule has 2 aromatic heterocycles. The highest BCUT2D eigenvalue weighted by Gasteiger charge is 2.18. The van der Waals surface area contributed by atoms with Gasteiger partial charge in [-0.05, 0) is 24.6 Å². The third-order valence-electron chi connectivity index (χ3n) is 4.07. The molecule has 3 rings (SSSR count). The summed E-state index contributed by atoms with van der Waals surface area (Å²) in [6, 6.07) is 4.75. The molecule has 146 valence electrons. The molecule has 2 heterocycles. The van der Waals surface area contributed by atoms with Crippen LogP contribution in [-0.2, 0) is 17.8 Å². The monoisotopic (exact) mass is 403 g/mol. The average Bonchev–Trinajstić information content (AvgIpc) is 3.09. The van der Waals surface area contributed by atoms with E-state index in [4.69, 9.17) is 20.8 Å². The van der Waals surface area contributed by atoms with E-state index in [1.165, 1.54) is 30.3 Å². The number of methoxy groups -OCH3 is 1. The van der Waals surface area contributed by atoms with Gasteiger partial charge in [-0.15, -0.1) is 0 Å². The largest absolute Gasteiger partial charge is 0.465 e. The van der Waals surface area contributed by atoms with Gasteiger partial charge in [0.25, 0.3) is 11.5 Å². The first kappa shape index (κ1) is 19.6. The summed E-state index contributed by atoms with van der Waals surface area (Å²) in [7, 11) is 1.26. The molecule has 9 heteroatoms. The number of ether oxygens (including phenoxy) is 1. The van der Waals surface area contributed by atoms with Crippen LogP contribution in [0.3, 0.4) is 0 Å². The summed E-state index contributed by atoms with van der Waals surface area (Å²) in [5.41, 5.74) is 0.0496. The number of hydrogen-bond acceptors (Lipinski definition) is 6. The Kier molecular flexibility index (Phi) is 5.79. The van der Waals surface area contributed by atoms with Crippen LogP contribution in [0.15, 0.2) is 39.9 Å². The molecule has 0 spiro atoms. The quantitative estimate of drug-likeness (QED) is 0.635. The Balaban J connectivity index is 1.83. The third-order valence-corrected chi connectivity index (χ3v) is 4.29. The van der Waals surface area contributed by atoms with Crippen LogP contribution in [0.4, 0.5) is 0 Å². The summed E-state index contributed by atoms with van der Waals surface area (Å²) >= 11 is 6.04. The lowest BCUT2D eigenvalue weighted by molar-refractivity contribution is 0.0601. The second-order valence-corrected chi connectivity index (χ2v) is 6.50. The van der Waals surface area contributed by atoms with Gasteiger partial charge in [0.05, 0.1) is 20.0 Å². The molecule has 0 radical (unpaired) electrons. The zero-order valence-corrected chi connectivity index (χ0v) is 16.1. The van der Waals surface area contributed by atoms with Gasteiger partial charge in [0, 0.05) is 23.2 Å². The molecule has 1 N–H and O–H groups in total. The number of esters is 1. The molecule has 0 bridgehead atoms. The number of aromatic nitrogens is 2. The lowest BCUT2D eigenvalue weighted by Gasteiger charge is -2.06. The van der Waals surface area contributed by atoms with Crippen molar-refractivity contribution >= 4 is 34.4 Å². The lowest BCUT2D eigenvalue weighted by Crippen LogP contribution is -2.33. The summed E-state index contributed by atoms with van der Waals surface area (Å²) < 4.78 is 11.8. The molecule has 0 saturated carbocycles. The number of hydrogen-bond donors (Lipinski definition) is 1. The highest BCUT2D eigenvalue weighted by molar-refractivity contribution is 6.32. The zero-order valence-electron chi connectivity index (χ0n) is 15.3. The third kappa shape index (κ3) is 3.91. The number of nitrogens with zero attached hydrogens (tertiary/aromatic N) is 2. The standard InChI is InChI=1S/C19H18ClN3O5/c1-3-4-23-10-21-9-15(18(23)25)17(24)22-8-13-6-11-5-12(20)7-14(16(11)28-13)19(26)27-2/h5-7,9-10H,3-4,8H2,1-2H3,(H,22,24). The van der Waals surface area contributed by atoms with Crippen molar-refractivity contribution in [1.82, 2.24) is 14.9 Å². The van der Waals surface area contributed by atoms with Crippen LogP contribution >= 0.6 is 11.6 Å². The van der Waals surface area contributed by atoms with E-state index >= 15 is 0 Å². The fourth-order valence-corrected chi connectivity index (χ4v) is 3.01. The van der Waals surface area contributed by atoms with E-state index in [1.54, 1.807) is 12.1 Å². The minimum atomic E-state index is -0.579. The Bertz CT molecular complexity index is 1100. The van der Waals surface area contributed by atoms with Gasteiger partial charge in [0.2, 0.25) is 0 Å². The van der Waals surface area contributed by atoms with E-state index in [0.717, 1.165) is 6.42 Å². The van der Waals surface area contributed by atoms with Gasteiger partial charge in [-0.2, -0.15) is 0 Å². The number of furan rings is 1. The molecule has 8 nitrogen and oxygen atoms in total. The van der Waals surface area contributed by atoms with Crippen LogP contribution in [0.1, 0.15) is 39.8 Å². The normalized spacial score (nSPS) is 10.8. The molecule has 0 unspecified atom stereocenters. The first-order chi connectivity index (χ1) is 13.4. The molecule has 1 aromatic carbocycles. The first-order valence-electron chi connectivity index (χ1n) is 8.57. The maximum Gasteiger partial charge on any atom is 0.341 e. The lowest BCUT2D eigenvalue weighted by atomic mass is 10.1. The highest BCUT2D eigenvalue weighted by Crippen LogP contribution is 2.27. The Morgan fingerprint density at radius 2 is 2.07 bits per heavy atom. The van der Waals surface area contributed by atoms with Crippen molar-refractivity contribution in [2.24, 2.45) is 0 Å². The van der Waals surface area contributed by atoms with Crippen molar-refractivity contribution in [2.45, 2.75) is 26.4 Å². The fourth-order valence-electron chi connectivity index (χ4n) is 2.79. The number of carbonyl (C=O) groups is 2. The molecule has 28 heavy (non-hydrogen) atoms. The van der Waals surface area contributed by atoms with Crippen LogP contribution in [0.2, 0.25) is 5.02 Å². The van der Waals surface area contributed by atoms with Crippen molar-refractivity contribution in [2.75, 3.05) is 7.11 Å². The van der Waals surface area contributed by atoms with E-state index in [1.807, 2.05) is 6.92 Å². The van der Waals surface area contributed by atoms with E-state index in [-0.39, 0.29) is 17.7 Å². The zero-order chi connectivity index (χ0) is 20.3. The number of nitrogens with one attached hydrogen (secondary N) is 1. The van der Waals surface area contributed by atoms with Gasteiger partial charge in [0.15, 0.2) is 0 Å². The number of aryl methyl sites for hydroxylation is 1. The van der Waals surface area contributed by atoms with Crippen molar-refractivity contribution in [3.8, 4) is 0 Å². The minimum absolute atomic E-state index is 0.0217. The molecule has 0 atom stereocenters. The minimum Gasteiger partial charge on any atom is -0.465 e. The van der Waals surface area contributed by atoms with Gasteiger partial charge in [-0.25, -0.2) is 9.78 Å².